The first-order chi connectivity index (χ1) is 13.6. The van der Waals surface area contributed by atoms with Gasteiger partial charge in [0, 0.05) is 48.5 Å². The summed E-state index contributed by atoms with van der Waals surface area (Å²) in [5.41, 5.74) is 1.05. The predicted octanol–water partition coefficient (Wildman–Crippen LogP) is 3.15. The van der Waals surface area contributed by atoms with Crippen LogP contribution in [-0.2, 0) is 6.54 Å². The molecule has 0 spiro atoms. The molecular weight excluding hydrogens is 370 g/mol. The Morgan fingerprint density at radius 2 is 2.04 bits per heavy atom. The van der Waals surface area contributed by atoms with Gasteiger partial charge in [-0.1, -0.05) is 24.3 Å². The molecule has 3 aromatic rings. The Morgan fingerprint density at radius 1 is 1.21 bits per heavy atom. The smallest absolute Gasteiger partial charge is 0.191 e. The predicted molar refractivity (Wildman–Crippen MR) is 118 cm³/mol. The fourth-order valence-electron chi connectivity index (χ4n) is 2.92. The van der Waals surface area contributed by atoms with Crippen LogP contribution in [0.4, 0.5) is 5.82 Å². The van der Waals surface area contributed by atoms with Gasteiger partial charge >= 0.3 is 0 Å². The molecule has 0 aliphatic heterocycles. The van der Waals surface area contributed by atoms with Crippen molar-refractivity contribution in [1.82, 2.24) is 15.6 Å². The molecular formula is C21H27N5OS. The highest BCUT2D eigenvalue weighted by molar-refractivity contribution is 7.19. The molecule has 0 radical (unpaired) electrons. The minimum Gasteiger partial charge on any atom is -0.386 e. The number of rotatable bonds is 7. The van der Waals surface area contributed by atoms with Crippen molar-refractivity contribution in [3.63, 3.8) is 0 Å². The maximum absolute atomic E-state index is 10.6. The first-order valence-corrected chi connectivity index (χ1v) is 10.2. The topological polar surface area (TPSA) is 72.8 Å². The molecule has 1 atom stereocenters. The van der Waals surface area contributed by atoms with Gasteiger partial charge in [-0.3, -0.25) is 0 Å². The van der Waals surface area contributed by atoms with E-state index < -0.39 is 6.10 Å². The number of aliphatic hydroxyl groups excluding tert-OH is 1. The largest absolute Gasteiger partial charge is 0.386 e. The van der Waals surface area contributed by atoms with Gasteiger partial charge in [0.05, 0.1) is 6.54 Å². The van der Waals surface area contributed by atoms with Crippen LogP contribution < -0.4 is 15.5 Å². The Kier molecular flexibility index (Phi) is 6.84. The quantitative estimate of drug-likeness (QED) is 0.422. The summed E-state index contributed by atoms with van der Waals surface area (Å²) < 4.78 is 1.19. The van der Waals surface area contributed by atoms with Crippen molar-refractivity contribution in [2.24, 2.45) is 4.99 Å². The number of aliphatic hydroxyl groups is 1. The fraction of sp³-hybridized carbons (Fsp3) is 0.333. The number of pyridine rings is 1. The Morgan fingerprint density at radius 3 is 2.79 bits per heavy atom. The second-order valence-electron chi connectivity index (χ2n) is 6.66. The molecule has 0 amide bonds. The Hall–Kier alpha value is -2.64. The molecule has 0 aliphatic carbocycles. The van der Waals surface area contributed by atoms with Crippen molar-refractivity contribution in [2.75, 3.05) is 32.1 Å². The summed E-state index contributed by atoms with van der Waals surface area (Å²) in [6.45, 7) is 3.68. The third-order valence-electron chi connectivity index (χ3n) is 4.28. The molecule has 0 aliphatic rings. The average molecular weight is 398 g/mol. The van der Waals surface area contributed by atoms with Gasteiger partial charge in [-0.05, 0) is 30.5 Å². The molecule has 148 valence electrons. The molecule has 0 fully saturated rings. The summed E-state index contributed by atoms with van der Waals surface area (Å²) in [6.07, 6.45) is 1.20. The molecule has 28 heavy (non-hydrogen) atoms. The van der Waals surface area contributed by atoms with Crippen molar-refractivity contribution < 1.29 is 5.11 Å². The number of guanidine groups is 1. The highest BCUT2D eigenvalue weighted by Crippen LogP contribution is 2.29. The van der Waals surface area contributed by atoms with Gasteiger partial charge in [0.2, 0.25) is 0 Å². The van der Waals surface area contributed by atoms with E-state index in [4.69, 9.17) is 0 Å². The van der Waals surface area contributed by atoms with E-state index in [0.717, 1.165) is 28.2 Å². The van der Waals surface area contributed by atoms with Crippen LogP contribution in [0.5, 0.6) is 0 Å². The van der Waals surface area contributed by atoms with Crippen LogP contribution in [0.1, 0.15) is 23.5 Å². The highest BCUT2D eigenvalue weighted by atomic mass is 32.1. The van der Waals surface area contributed by atoms with Crippen molar-refractivity contribution >= 4 is 33.2 Å². The number of nitrogens with one attached hydrogen (secondary N) is 2. The first-order valence-electron chi connectivity index (χ1n) is 9.38. The highest BCUT2D eigenvalue weighted by Gasteiger charge is 2.12. The minimum atomic E-state index is -0.586. The van der Waals surface area contributed by atoms with Crippen LogP contribution in [0.15, 0.2) is 53.7 Å². The number of fused-ring (bicyclic) bond motifs is 1. The minimum absolute atomic E-state index is 0.395. The molecule has 7 heteroatoms. The van der Waals surface area contributed by atoms with Crippen LogP contribution >= 0.6 is 11.3 Å². The molecule has 3 rings (SSSR count). The summed E-state index contributed by atoms with van der Waals surface area (Å²) in [4.78, 5) is 12.0. The Bertz CT molecular complexity index is 904. The van der Waals surface area contributed by atoms with Crippen molar-refractivity contribution in [3.05, 3.63) is 59.1 Å². The molecule has 1 unspecified atom stereocenters. The monoisotopic (exact) mass is 397 g/mol. The summed E-state index contributed by atoms with van der Waals surface area (Å²) in [5.74, 6) is 1.59. The lowest BCUT2D eigenvalue weighted by Gasteiger charge is -2.16. The van der Waals surface area contributed by atoms with Crippen molar-refractivity contribution in [1.29, 1.82) is 0 Å². The zero-order valence-electron chi connectivity index (χ0n) is 16.5. The lowest BCUT2D eigenvalue weighted by Crippen LogP contribution is -2.39. The average Bonchev–Trinajstić information content (AvgIpc) is 3.14. The van der Waals surface area contributed by atoms with Crippen LogP contribution in [0.3, 0.4) is 0 Å². The number of hydrogen-bond acceptors (Lipinski definition) is 5. The van der Waals surface area contributed by atoms with E-state index >= 15 is 0 Å². The third-order valence-corrected chi connectivity index (χ3v) is 5.50. The zero-order valence-corrected chi connectivity index (χ0v) is 17.3. The van der Waals surface area contributed by atoms with E-state index in [0.29, 0.717) is 19.0 Å². The molecule has 0 saturated heterocycles. The van der Waals surface area contributed by atoms with E-state index in [1.54, 1.807) is 17.5 Å². The van der Waals surface area contributed by atoms with E-state index in [-0.39, 0.29) is 0 Å². The Labute approximate surface area is 169 Å². The van der Waals surface area contributed by atoms with Gasteiger partial charge in [0.15, 0.2) is 5.96 Å². The second kappa shape index (κ2) is 9.52. The third kappa shape index (κ3) is 4.99. The van der Waals surface area contributed by atoms with Gasteiger partial charge in [0.25, 0.3) is 0 Å². The summed E-state index contributed by atoms with van der Waals surface area (Å²) in [6, 6.07) is 14.2. The van der Waals surface area contributed by atoms with Crippen LogP contribution in [0, 0.1) is 0 Å². The number of thiophene rings is 1. The number of anilines is 1. The maximum atomic E-state index is 10.6. The first kappa shape index (κ1) is 20.1. The number of hydrogen-bond donors (Lipinski definition) is 3. The number of benzene rings is 1. The summed E-state index contributed by atoms with van der Waals surface area (Å²) >= 11 is 1.62. The zero-order chi connectivity index (χ0) is 19.9. The van der Waals surface area contributed by atoms with Gasteiger partial charge in [-0.25, -0.2) is 9.98 Å². The molecule has 6 nitrogen and oxygen atoms in total. The van der Waals surface area contributed by atoms with Gasteiger partial charge in [-0.15, -0.1) is 11.3 Å². The molecule has 0 saturated carbocycles. The number of aliphatic imine (C=N–C) groups is 1. The van der Waals surface area contributed by atoms with E-state index in [2.05, 4.69) is 38.8 Å². The molecule has 0 bridgehead atoms. The Balaban J connectivity index is 1.66. The van der Waals surface area contributed by atoms with Crippen molar-refractivity contribution in [3.8, 4) is 0 Å². The SMILES string of the molecule is CCNC(=NCc1cccnc1N(C)C)NCC(O)c1cc2ccccc2s1. The van der Waals surface area contributed by atoms with E-state index in [1.807, 2.05) is 50.2 Å². The molecule has 2 heterocycles. The molecule has 1 aromatic carbocycles. The lowest BCUT2D eigenvalue weighted by atomic mass is 10.2. The van der Waals surface area contributed by atoms with Gasteiger partial charge in [-0.2, -0.15) is 0 Å². The van der Waals surface area contributed by atoms with Gasteiger partial charge in [0.1, 0.15) is 11.9 Å². The lowest BCUT2D eigenvalue weighted by molar-refractivity contribution is 0.184. The maximum Gasteiger partial charge on any atom is 0.191 e. The number of aromatic nitrogens is 1. The van der Waals surface area contributed by atoms with Gasteiger partial charge < -0.3 is 20.6 Å². The summed E-state index contributed by atoms with van der Waals surface area (Å²) in [5, 5.41) is 18.2. The molecule has 3 N–H and O–H groups in total. The van der Waals surface area contributed by atoms with E-state index in [9.17, 15) is 5.11 Å². The van der Waals surface area contributed by atoms with Crippen molar-refractivity contribution in [2.45, 2.75) is 19.6 Å². The van der Waals surface area contributed by atoms with Crippen LogP contribution in [0.2, 0.25) is 0 Å². The standard InChI is InChI=1S/C21H27N5OS/c1-4-22-21(24-13-16-9-7-11-23-20(16)26(2)3)25-14-17(27)19-12-15-8-5-6-10-18(15)28-19/h5-12,17,27H,4,13-14H2,1-3H3,(H2,22,24,25). The summed E-state index contributed by atoms with van der Waals surface area (Å²) in [7, 11) is 3.95. The van der Waals surface area contributed by atoms with E-state index in [1.165, 1.54) is 4.70 Å². The fourth-order valence-corrected chi connectivity index (χ4v) is 3.97. The van der Waals surface area contributed by atoms with Crippen LogP contribution in [-0.4, -0.2) is 43.2 Å². The van der Waals surface area contributed by atoms with Crippen LogP contribution in [0.25, 0.3) is 10.1 Å². The number of nitrogens with zero attached hydrogens (tertiary/aromatic N) is 3. The second-order valence-corrected chi connectivity index (χ2v) is 7.77. The molecule has 2 aromatic heterocycles. The normalized spacial score (nSPS) is 12.8.